The van der Waals surface area contributed by atoms with Crippen LogP contribution in [0.4, 0.5) is 0 Å². The first-order valence-corrected chi connectivity index (χ1v) is 24.1. The fraction of sp³-hybridized carbons (Fsp3) is 0.191. The van der Waals surface area contributed by atoms with E-state index >= 15 is 0 Å². The summed E-state index contributed by atoms with van der Waals surface area (Å²) in [7, 11) is 13.3. The maximum absolute atomic E-state index is 5.46. The van der Waals surface area contributed by atoms with Crippen molar-refractivity contribution in [3.8, 4) is 11.5 Å². The first kappa shape index (κ1) is 36.5. The zero-order chi connectivity index (χ0) is 36.2. The van der Waals surface area contributed by atoms with Crippen molar-refractivity contribution in [2.24, 2.45) is 0 Å². The van der Waals surface area contributed by atoms with Crippen LogP contribution in [0.25, 0.3) is 33.7 Å². The van der Waals surface area contributed by atoms with E-state index < -0.39 is 20.8 Å². The molecule has 0 N–H and O–H groups in total. The van der Waals surface area contributed by atoms with Crippen molar-refractivity contribution in [1.29, 1.82) is 0 Å². The van der Waals surface area contributed by atoms with Gasteiger partial charge >= 0.3 is 37.9 Å². The average Bonchev–Trinajstić information content (AvgIpc) is 3.43. The molecule has 5 heteroatoms. The van der Waals surface area contributed by atoms with Gasteiger partial charge < -0.3 is 9.47 Å². The number of benzene rings is 4. The van der Waals surface area contributed by atoms with E-state index in [1.54, 1.807) is 14.2 Å². The van der Waals surface area contributed by atoms with Crippen LogP contribution >= 0.6 is 17.0 Å². The summed E-state index contributed by atoms with van der Waals surface area (Å²) in [5, 5.41) is 4.89. The van der Waals surface area contributed by atoms with Crippen LogP contribution in [-0.4, -0.2) is 14.2 Å². The average molecular weight is 801 g/mol. The van der Waals surface area contributed by atoms with Gasteiger partial charge in [-0.15, -0.1) is 57.7 Å². The minimum absolute atomic E-state index is 0.226. The molecule has 0 fully saturated rings. The van der Waals surface area contributed by atoms with E-state index in [0.717, 1.165) is 30.8 Å². The number of hydrogen-bond acceptors (Lipinski definition) is 2. The summed E-state index contributed by atoms with van der Waals surface area (Å²) in [6, 6.07) is 31.2. The Balaban J connectivity index is 0.00000136. The van der Waals surface area contributed by atoms with Gasteiger partial charge in [0, 0.05) is 0 Å². The number of hydrogen-bond donors (Lipinski definition) is 0. The minimum atomic E-state index is -0.826. The van der Waals surface area contributed by atoms with Gasteiger partial charge in [0.1, 0.15) is 11.5 Å². The van der Waals surface area contributed by atoms with Crippen LogP contribution in [0.1, 0.15) is 73.9 Å². The van der Waals surface area contributed by atoms with Crippen LogP contribution in [0, 0.1) is 13.8 Å². The molecular formula is C47H42Cl2O2Zr. The number of ether oxygens (including phenoxy) is 2. The molecule has 2 aliphatic carbocycles. The summed E-state index contributed by atoms with van der Waals surface area (Å²) < 4.78 is 10.9. The van der Waals surface area contributed by atoms with Gasteiger partial charge in [-0.1, -0.05) is 106 Å². The van der Waals surface area contributed by atoms with Gasteiger partial charge in [-0.3, -0.25) is 0 Å². The van der Waals surface area contributed by atoms with E-state index in [4.69, 9.17) is 26.5 Å². The number of allylic oxidation sites excluding steroid dienone is 6. The van der Waals surface area contributed by atoms with Crippen molar-refractivity contribution in [2.45, 2.75) is 44.9 Å². The summed E-state index contributed by atoms with van der Waals surface area (Å²) in [6.45, 7) is 4.59. The van der Waals surface area contributed by atoms with Crippen LogP contribution in [0.3, 0.4) is 0 Å². The van der Waals surface area contributed by atoms with Gasteiger partial charge in [0.05, 0.1) is 14.2 Å². The molecule has 8 rings (SSSR count). The third-order valence-corrected chi connectivity index (χ3v) is 10.7. The third kappa shape index (κ3) is 7.47. The summed E-state index contributed by atoms with van der Waals surface area (Å²) in [5.74, 6) is 2.24. The molecule has 260 valence electrons. The van der Waals surface area contributed by atoms with Crippen molar-refractivity contribution < 1.29 is 30.3 Å². The fourth-order valence-electron chi connectivity index (χ4n) is 8.15. The molecule has 6 aromatic carbocycles. The van der Waals surface area contributed by atoms with Crippen molar-refractivity contribution in [3.63, 3.8) is 0 Å². The number of fused-ring (bicyclic) bond motifs is 4. The number of aryl methyl sites for hydroxylation is 2. The number of methoxy groups -OCH3 is 2. The third-order valence-electron chi connectivity index (χ3n) is 10.7. The van der Waals surface area contributed by atoms with E-state index in [0.29, 0.717) is 0 Å². The van der Waals surface area contributed by atoms with E-state index in [9.17, 15) is 0 Å². The number of halogens is 2. The number of rotatable bonds is 8. The molecule has 0 bridgehead atoms. The molecule has 0 spiro atoms. The molecule has 2 nitrogen and oxygen atoms in total. The normalized spacial score (nSPS) is 15.7. The Morgan fingerprint density at radius 3 is 1.38 bits per heavy atom. The monoisotopic (exact) mass is 798 g/mol. The molecule has 0 amide bonds. The van der Waals surface area contributed by atoms with Gasteiger partial charge in [0.2, 0.25) is 0 Å². The summed E-state index contributed by atoms with van der Waals surface area (Å²) in [5.41, 5.74) is 14.1. The zero-order valence-corrected chi connectivity index (χ0v) is 34.0. The predicted molar refractivity (Wildman–Crippen MR) is 218 cm³/mol. The molecule has 52 heavy (non-hydrogen) atoms. The molecule has 0 radical (unpaired) electrons. The first-order valence-electron chi connectivity index (χ1n) is 17.8. The Morgan fingerprint density at radius 1 is 0.558 bits per heavy atom. The van der Waals surface area contributed by atoms with Gasteiger partial charge in [-0.05, 0) is 68.8 Å². The second-order valence-corrected chi connectivity index (χ2v) is 17.4. The van der Waals surface area contributed by atoms with Crippen LogP contribution in [0.5, 0.6) is 11.5 Å². The second kappa shape index (κ2) is 16.4. The predicted octanol–water partition coefficient (Wildman–Crippen LogP) is 13.0. The fourth-order valence-corrected chi connectivity index (χ4v) is 8.15. The SMILES string of the molecule is COc1ccc2cc(C3C=CC=Cc4c3cc(C)[c-]4CCC[c-]3c(C)cc4c3C=CC=CC4c3ccc4cc(OC)ccc4c3)ccc2c1.[Cl][Zr+2][Cl]. The van der Waals surface area contributed by atoms with Gasteiger partial charge in [0.25, 0.3) is 0 Å². The molecule has 2 atom stereocenters. The van der Waals surface area contributed by atoms with Crippen molar-refractivity contribution in [3.05, 3.63) is 177 Å². The Kier molecular flexibility index (Phi) is 11.5. The Morgan fingerprint density at radius 2 is 0.962 bits per heavy atom. The standard InChI is InChI=1S/C47H42O2.2ClH.Zr/c1-30-24-46-42(36-18-16-34-28-38(48-3)22-20-32(34)26-36)10-5-7-12-44(46)40(30)14-9-15-41-31(2)25-47-43(11-6-8-13-45(41)47)37-19-17-35-29-39(49-4)23-21-33(35)27-37;;;/h5-8,10-13,16-29,42-43H,9,14-15H2,1-4H3;2*1H;/q-2;;;+4/p-2. The molecule has 0 aromatic heterocycles. The summed E-state index contributed by atoms with van der Waals surface area (Å²) in [6.07, 6.45) is 21.5. The molecule has 0 aliphatic heterocycles. The molecule has 6 aromatic rings. The molecule has 2 unspecified atom stereocenters. The van der Waals surface area contributed by atoms with Gasteiger partial charge in [-0.25, -0.2) is 0 Å². The topological polar surface area (TPSA) is 18.5 Å². The van der Waals surface area contributed by atoms with E-state index in [1.165, 1.54) is 77.2 Å². The van der Waals surface area contributed by atoms with Gasteiger partial charge in [-0.2, -0.15) is 23.3 Å². The zero-order valence-electron chi connectivity index (χ0n) is 30.1. The van der Waals surface area contributed by atoms with E-state index in [1.807, 2.05) is 12.1 Å². The maximum atomic E-state index is 5.46. The van der Waals surface area contributed by atoms with Crippen LogP contribution in [0.2, 0.25) is 0 Å². The first-order chi connectivity index (χ1) is 25.4. The Bertz CT molecular complexity index is 2190. The van der Waals surface area contributed by atoms with E-state index in [2.05, 4.69) is 135 Å². The molecular weight excluding hydrogens is 759 g/mol. The molecule has 0 heterocycles. The molecule has 0 saturated carbocycles. The summed E-state index contributed by atoms with van der Waals surface area (Å²) >= 11 is -0.826. The van der Waals surface area contributed by atoms with Crippen LogP contribution in [-0.2, 0) is 33.7 Å². The molecule has 0 saturated heterocycles. The van der Waals surface area contributed by atoms with E-state index in [-0.39, 0.29) is 11.8 Å². The second-order valence-electron chi connectivity index (χ2n) is 13.7. The van der Waals surface area contributed by atoms with Crippen molar-refractivity contribution >= 4 is 50.7 Å². The Labute approximate surface area is 326 Å². The molecule has 2 aliphatic rings. The Hall–Kier alpha value is -3.88. The quantitative estimate of drug-likeness (QED) is 0.143. The van der Waals surface area contributed by atoms with Crippen molar-refractivity contribution in [1.82, 2.24) is 0 Å². The van der Waals surface area contributed by atoms with Gasteiger partial charge in [0.15, 0.2) is 0 Å². The van der Waals surface area contributed by atoms with Crippen molar-refractivity contribution in [2.75, 3.05) is 14.2 Å². The summed E-state index contributed by atoms with van der Waals surface area (Å²) in [4.78, 5) is 0. The van der Waals surface area contributed by atoms with Crippen LogP contribution < -0.4 is 9.47 Å². The van der Waals surface area contributed by atoms with Crippen LogP contribution in [0.15, 0.2) is 121 Å².